The number of rotatable bonds is 6. The fraction of sp³-hybridized carbons (Fsp3) is 0.545. The largest absolute Gasteiger partial charge is 0.480 e. The smallest absolute Gasteiger partial charge is 0.326 e. The van der Waals surface area contributed by atoms with Gasteiger partial charge >= 0.3 is 5.97 Å². The number of carbonyl (C=O) groups is 2. The zero-order valence-electron chi connectivity index (χ0n) is 10.5. The van der Waals surface area contributed by atoms with Gasteiger partial charge in [0.1, 0.15) is 11.9 Å². The first-order chi connectivity index (χ1) is 8.43. The zero-order valence-corrected chi connectivity index (χ0v) is 10.5. The Balaban J connectivity index is 2.68. The van der Waals surface area contributed by atoms with Gasteiger partial charge in [0, 0.05) is 32.6 Å². The minimum absolute atomic E-state index is 0.116. The number of carbonyl (C=O) groups excluding carboxylic acids is 1. The van der Waals surface area contributed by atoms with E-state index in [9.17, 15) is 9.59 Å². The average molecular weight is 254 g/mol. The number of amides is 1. The molecule has 1 unspecified atom stereocenters. The van der Waals surface area contributed by atoms with Gasteiger partial charge in [-0.05, 0) is 6.92 Å². The van der Waals surface area contributed by atoms with Crippen LogP contribution in [0.15, 0.2) is 6.20 Å². The zero-order chi connectivity index (χ0) is 13.7. The summed E-state index contributed by atoms with van der Waals surface area (Å²) in [4.78, 5) is 26.6. The number of aromatic nitrogens is 2. The van der Waals surface area contributed by atoms with Gasteiger partial charge in [0.15, 0.2) is 0 Å². The van der Waals surface area contributed by atoms with Crippen LogP contribution >= 0.6 is 0 Å². The summed E-state index contributed by atoms with van der Waals surface area (Å²) < 4.78 is 1.80. The molecule has 1 rings (SSSR count). The molecule has 1 heterocycles. The van der Waals surface area contributed by atoms with Gasteiger partial charge in [-0.25, -0.2) is 9.78 Å². The predicted octanol–water partition coefficient (Wildman–Crippen LogP) is -0.811. The molecule has 18 heavy (non-hydrogen) atoms. The summed E-state index contributed by atoms with van der Waals surface area (Å²) in [5.41, 5.74) is 5.87. The number of aryl methyl sites for hydroxylation is 2. The number of nitrogens with two attached hydrogens (primary N) is 1. The van der Waals surface area contributed by atoms with E-state index in [2.05, 4.69) is 10.3 Å². The van der Waals surface area contributed by atoms with Gasteiger partial charge < -0.3 is 20.7 Å². The normalized spacial score (nSPS) is 12.2. The van der Waals surface area contributed by atoms with Crippen LogP contribution in [0, 0.1) is 6.92 Å². The van der Waals surface area contributed by atoms with Crippen molar-refractivity contribution >= 4 is 11.9 Å². The molecule has 0 fully saturated rings. The molecule has 0 spiro atoms. The second kappa shape index (κ2) is 6.15. The van der Waals surface area contributed by atoms with Crippen molar-refractivity contribution in [3.63, 3.8) is 0 Å². The third kappa shape index (κ3) is 3.85. The van der Waals surface area contributed by atoms with Crippen LogP contribution in [0.4, 0.5) is 0 Å². The minimum Gasteiger partial charge on any atom is -0.480 e. The van der Waals surface area contributed by atoms with E-state index in [1.807, 2.05) is 14.0 Å². The molecule has 1 amide bonds. The lowest BCUT2D eigenvalue weighted by molar-refractivity contribution is -0.141. The van der Waals surface area contributed by atoms with Gasteiger partial charge in [0.05, 0.1) is 5.69 Å². The number of nitrogens with one attached hydrogen (secondary N) is 1. The van der Waals surface area contributed by atoms with Gasteiger partial charge in [-0.1, -0.05) is 0 Å². The highest BCUT2D eigenvalue weighted by Crippen LogP contribution is 2.04. The van der Waals surface area contributed by atoms with Crippen molar-refractivity contribution in [3.8, 4) is 0 Å². The predicted molar refractivity (Wildman–Crippen MR) is 64.9 cm³/mol. The maximum Gasteiger partial charge on any atom is 0.326 e. The fourth-order valence-electron chi connectivity index (χ4n) is 1.54. The first-order valence-corrected chi connectivity index (χ1v) is 5.65. The Labute approximate surface area is 105 Å². The lowest BCUT2D eigenvalue weighted by Gasteiger charge is -2.12. The molecule has 100 valence electrons. The first kappa shape index (κ1) is 14.2. The highest BCUT2D eigenvalue weighted by molar-refractivity contribution is 5.83. The van der Waals surface area contributed by atoms with E-state index in [0.29, 0.717) is 5.69 Å². The third-order valence-corrected chi connectivity index (χ3v) is 2.58. The topological polar surface area (TPSA) is 110 Å². The lowest BCUT2D eigenvalue weighted by Crippen LogP contribution is -2.42. The molecular formula is C11H18N4O3. The molecule has 4 N–H and O–H groups in total. The van der Waals surface area contributed by atoms with Gasteiger partial charge in [-0.15, -0.1) is 0 Å². The van der Waals surface area contributed by atoms with Crippen LogP contribution in [-0.4, -0.2) is 39.1 Å². The van der Waals surface area contributed by atoms with Crippen molar-refractivity contribution in [2.24, 2.45) is 12.8 Å². The van der Waals surface area contributed by atoms with Crippen LogP contribution < -0.4 is 11.1 Å². The van der Waals surface area contributed by atoms with Crippen LogP contribution in [0.5, 0.6) is 0 Å². The number of carboxylic acids is 1. The molecule has 0 aromatic carbocycles. The molecule has 0 aliphatic rings. The molecule has 0 aliphatic carbocycles. The van der Waals surface area contributed by atoms with Gasteiger partial charge in [0.25, 0.3) is 0 Å². The molecule has 0 bridgehead atoms. The quantitative estimate of drug-likeness (QED) is 0.615. The molecule has 0 aliphatic heterocycles. The van der Waals surface area contributed by atoms with E-state index in [0.717, 1.165) is 5.82 Å². The molecule has 0 saturated carbocycles. The standard InChI is InChI=1S/C11H18N4O3/c1-7-13-8(6-15(7)2)5-9(11(17)18)14-10(16)3-4-12/h6,9H,3-5,12H2,1-2H3,(H,14,16)(H,17,18). The average Bonchev–Trinajstić information content (AvgIpc) is 2.57. The second-order valence-corrected chi connectivity index (χ2v) is 4.09. The first-order valence-electron chi connectivity index (χ1n) is 5.65. The monoisotopic (exact) mass is 254 g/mol. The highest BCUT2D eigenvalue weighted by Gasteiger charge is 2.21. The Kier molecular flexibility index (Phi) is 4.85. The number of carboxylic acid groups (broad SMARTS) is 1. The van der Waals surface area contributed by atoms with E-state index in [-0.39, 0.29) is 25.3 Å². The minimum atomic E-state index is -1.08. The van der Waals surface area contributed by atoms with Gasteiger partial charge in [-0.2, -0.15) is 0 Å². The van der Waals surface area contributed by atoms with Crippen molar-refractivity contribution in [3.05, 3.63) is 17.7 Å². The number of hydrogen-bond donors (Lipinski definition) is 3. The number of imidazole rings is 1. The Hall–Kier alpha value is -1.89. The molecule has 1 aromatic rings. The fourth-order valence-corrected chi connectivity index (χ4v) is 1.54. The summed E-state index contributed by atoms with van der Waals surface area (Å²) in [6, 6.07) is -0.974. The van der Waals surface area contributed by atoms with Crippen molar-refractivity contribution in [1.82, 2.24) is 14.9 Å². The lowest BCUT2D eigenvalue weighted by atomic mass is 10.1. The van der Waals surface area contributed by atoms with Crippen LogP contribution in [0.2, 0.25) is 0 Å². The molecule has 7 nitrogen and oxygen atoms in total. The van der Waals surface area contributed by atoms with Crippen LogP contribution in [0.3, 0.4) is 0 Å². The van der Waals surface area contributed by atoms with Crippen molar-refractivity contribution in [2.75, 3.05) is 6.54 Å². The summed E-state index contributed by atoms with van der Waals surface area (Å²) in [5, 5.41) is 11.5. The Morgan fingerprint density at radius 1 is 1.61 bits per heavy atom. The van der Waals surface area contributed by atoms with Crippen LogP contribution in [0.1, 0.15) is 17.9 Å². The Morgan fingerprint density at radius 3 is 2.72 bits per heavy atom. The third-order valence-electron chi connectivity index (χ3n) is 2.58. The summed E-state index contributed by atoms with van der Waals surface area (Å²) in [6.45, 7) is 2.02. The maximum absolute atomic E-state index is 11.3. The second-order valence-electron chi connectivity index (χ2n) is 4.09. The molecule has 7 heteroatoms. The van der Waals surface area contributed by atoms with Crippen LogP contribution in [-0.2, 0) is 23.1 Å². The molecule has 1 atom stereocenters. The molecule has 0 saturated heterocycles. The number of nitrogens with zero attached hydrogens (tertiary/aromatic N) is 2. The van der Waals surface area contributed by atoms with Crippen molar-refractivity contribution in [2.45, 2.75) is 25.8 Å². The van der Waals surface area contributed by atoms with E-state index in [1.165, 1.54) is 0 Å². The van der Waals surface area contributed by atoms with Gasteiger partial charge in [0.2, 0.25) is 5.91 Å². The maximum atomic E-state index is 11.3. The highest BCUT2D eigenvalue weighted by atomic mass is 16.4. The molecule has 1 aromatic heterocycles. The summed E-state index contributed by atoms with van der Waals surface area (Å²) in [5.74, 6) is -0.649. The molecule has 0 radical (unpaired) electrons. The van der Waals surface area contributed by atoms with Crippen molar-refractivity contribution in [1.29, 1.82) is 0 Å². The van der Waals surface area contributed by atoms with E-state index >= 15 is 0 Å². The summed E-state index contributed by atoms with van der Waals surface area (Å²) in [7, 11) is 1.83. The van der Waals surface area contributed by atoms with E-state index < -0.39 is 12.0 Å². The van der Waals surface area contributed by atoms with Gasteiger partial charge in [-0.3, -0.25) is 4.79 Å². The number of aliphatic carboxylic acids is 1. The van der Waals surface area contributed by atoms with E-state index in [1.54, 1.807) is 10.8 Å². The summed E-state index contributed by atoms with van der Waals surface area (Å²) in [6.07, 6.45) is 2.03. The SMILES string of the molecule is Cc1nc(CC(NC(=O)CCN)C(=O)O)cn1C. The number of hydrogen-bond acceptors (Lipinski definition) is 4. The summed E-state index contributed by atoms with van der Waals surface area (Å²) >= 11 is 0. The Morgan fingerprint density at radius 2 is 2.28 bits per heavy atom. The molecular weight excluding hydrogens is 236 g/mol. The Bertz CT molecular complexity index is 422. The van der Waals surface area contributed by atoms with Crippen LogP contribution in [0.25, 0.3) is 0 Å². The van der Waals surface area contributed by atoms with Crippen molar-refractivity contribution < 1.29 is 14.7 Å². The van der Waals surface area contributed by atoms with E-state index in [4.69, 9.17) is 10.8 Å².